The minimum absolute atomic E-state index is 0.0904. The number of carbonyl (C=O) groups is 2. The Morgan fingerprint density at radius 1 is 1.21 bits per heavy atom. The summed E-state index contributed by atoms with van der Waals surface area (Å²) in [5.74, 6) is -0.260. The molecule has 1 aliphatic rings. The van der Waals surface area contributed by atoms with Gasteiger partial charge < -0.3 is 10.2 Å². The third-order valence-electron chi connectivity index (χ3n) is 4.29. The quantitative estimate of drug-likeness (QED) is 0.931. The van der Waals surface area contributed by atoms with Crippen LogP contribution in [-0.4, -0.2) is 23.3 Å². The van der Waals surface area contributed by atoms with Crippen LogP contribution < -0.4 is 5.32 Å². The van der Waals surface area contributed by atoms with Crippen molar-refractivity contribution in [1.29, 1.82) is 0 Å². The van der Waals surface area contributed by atoms with E-state index in [1.807, 2.05) is 42.5 Å². The second-order valence-corrected chi connectivity index (χ2v) is 6.35. The average Bonchev–Trinajstić information content (AvgIpc) is 2.58. The molecule has 5 heteroatoms. The Morgan fingerprint density at radius 3 is 2.75 bits per heavy atom. The van der Waals surface area contributed by atoms with Crippen LogP contribution in [-0.2, 0) is 22.6 Å². The first-order chi connectivity index (χ1) is 11.6. The molecule has 0 saturated carbocycles. The van der Waals surface area contributed by atoms with E-state index < -0.39 is 6.04 Å². The maximum absolute atomic E-state index is 12.8. The highest BCUT2D eigenvalue weighted by Crippen LogP contribution is 2.30. The molecule has 3 rings (SSSR count). The van der Waals surface area contributed by atoms with Crippen LogP contribution in [0.15, 0.2) is 48.5 Å². The minimum atomic E-state index is -0.577. The standard InChI is InChI=1S/C19H19ClN2O2/c1-13(23)22-10-9-15-6-2-3-8-17(15)18(22)19(24)21-12-14-5-4-7-16(20)11-14/h2-8,11,18H,9-10,12H2,1H3,(H,21,24)/t18-/m0/s1. The number of hydrogen-bond acceptors (Lipinski definition) is 2. The molecule has 2 amide bonds. The van der Waals surface area contributed by atoms with Crippen molar-refractivity contribution in [2.24, 2.45) is 0 Å². The predicted molar refractivity (Wildman–Crippen MR) is 93.6 cm³/mol. The molecule has 0 radical (unpaired) electrons. The van der Waals surface area contributed by atoms with Crippen molar-refractivity contribution in [3.05, 3.63) is 70.2 Å². The second-order valence-electron chi connectivity index (χ2n) is 5.91. The minimum Gasteiger partial charge on any atom is -0.350 e. The van der Waals surface area contributed by atoms with Gasteiger partial charge in [0.1, 0.15) is 6.04 Å². The lowest BCUT2D eigenvalue weighted by Crippen LogP contribution is -2.46. The van der Waals surface area contributed by atoms with Crippen LogP contribution >= 0.6 is 11.6 Å². The van der Waals surface area contributed by atoms with Crippen LogP contribution in [0.2, 0.25) is 5.02 Å². The maximum Gasteiger partial charge on any atom is 0.247 e. The van der Waals surface area contributed by atoms with Crippen LogP contribution in [0.1, 0.15) is 29.7 Å². The zero-order chi connectivity index (χ0) is 17.1. The van der Waals surface area contributed by atoms with Gasteiger partial charge in [-0.15, -0.1) is 0 Å². The number of halogens is 1. The van der Waals surface area contributed by atoms with Gasteiger partial charge in [-0.25, -0.2) is 0 Å². The van der Waals surface area contributed by atoms with E-state index in [1.54, 1.807) is 11.0 Å². The monoisotopic (exact) mass is 342 g/mol. The molecule has 1 heterocycles. The molecule has 1 atom stereocenters. The highest BCUT2D eigenvalue weighted by atomic mass is 35.5. The molecule has 24 heavy (non-hydrogen) atoms. The van der Waals surface area contributed by atoms with E-state index in [1.165, 1.54) is 6.92 Å². The Bertz CT molecular complexity index is 775. The van der Waals surface area contributed by atoms with Crippen molar-refractivity contribution in [2.45, 2.75) is 25.9 Å². The Kier molecular flexibility index (Phi) is 4.86. The summed E-state index contributed by atoms with van der Waals surface area (Å²) in [6.45, 7) is 2.44. The van der Waals surface area contributed by atoms with Crippen molar-refractivity contribution >= 4 is 23.4 Å². The highest BCUT2D eigenvalue weighted by molar-refractivity contribution is 6.30. The van der Waals surface area contributed by atoms with Crippen LogP contribution in [0.25, 0.3) is 0 Å². The summed E-state index contributed by atoms with van der Waals surface area (Å²) in [7, 11) is 0. The molecule has 4 nitrogen and oxygen atoms in total. The summed E-state index contributed by atoms with van der Waals surface area (Å²) in [5.41, 5.74) is 2.95. The fraction of sp³-hybridized carbons (Fsp3) is 0.263. The molecule has 1 N–H and O–H groups in total. The predicted octanol–water partition coefficient (Wildman–Crippen LogP) is 3.10. The SMILES string of the molecule is CC(=O)N1CCc2ccccc2[C@H]1C(=O)NCc1cccc(Cl)c1. The number of amides is 2. The van der Waals surface area contributed by atoms with E-state index in [0.717, 1.165) is 23.1 Å². The molecule has 124 valence electrons. The maximum atomic E-state index is 12.8. The van der Waals surface area contributed by atoms with Gasteiger partial charge in [-0.05, 0) is 35.2 Å². The van der Waals surface area contributed by atoms with Crippen molar-refractivity contribution in [3.8, 4) is 0 Å². The average molecular weight is 343 g/mol. The molecular weight excluding hydrogens is 324 g/mol. The summed E-state index contributed by atoms with van der Waals surface area (Å²) in [6, 6.07) is 14.6. The van der Waals surface area contributed by atoms with Crippen molar-refractivity contribution in [3.63, 3.8) is 0 Å². The number of rotatable bonds is 3. The summed E-state index contributed by atoms with van der Waals surface area (Å²) in [4.78, 5) is 26.4. The fourth-order valence-corrected chi connectivity index (χ4v) is 3.33. The van der Waals surface area contributed by atoms with E-state index in [4.69, 9.17) is 11.6 Å². The summed E-state index contributed by atoms with van der Waals surface area (Å²) >= 11 is 5.97. The van der Waals surface area contributed by atoms with E-state index >= 15 is 0 Å². The molecule has 0 bridgehead atoms. The molecule has 2 aromatic carbocycles. The Hall–Kier alpha value is -2.33. The second kappa shape index (κ2) is 7.05. The molecule has 1 aliphatic heterocycles. The van der Waals surface area contributed by atoms with E-state index in [-0.39, 0.29) is 11.8 Å². The van der Waals surface area contributed by atoms with Gasteiger partial charge in [-0.2, -0.15) is 0 Å². The van der Waals surface area contributed by atoms with Gasteiger partial charge in [0.05, 0.1) is 0 Å². The van der Waals surface area contributed by atoms with Gasteiger partial charge >= 0.3 is 0 Å². The summed E-state index contributed by atoms with van der Waals surface area (Å²) in [5, 5.41) is 3.56. The first-order valence-corrected chi connectivity index (χ1v) is 8.31. The van der Waals surface area contributed by atoms with Gasteiger partial charge in [-0.1, -0.05) is 48.0 Å². The molecule has 0 aliphatic carbocycles. The number of nitrogens with zero attached hydrogens (tertiary/aromatic N) is 1. The lowest BCUT2D eigenvalue weighted by Gasteiger charge is -2.35. The Morgan fingerprint density at radius 2 is 2.00 bits per heavy atom. The topological polar surface area (TPSA) is 49.4 Å². The van der Waals surface area contributed by atoms with Crippen molar-refractivity contribution in [1.82, 2.24) is 10.2 Å². The molecule has 2 aromatic rings. The highest BCUT2D eigenvalue weighted by Gasteiger charge is 2.34. The Labute approximate surface area is 146 Å². The van der Waals surface area contributed by atoms with E-state index in [0.29, 0.717) is 18.1 Å². The van der Waals surface area contributed by atoms with E-state index in [2.05, 4.69) is 5.32 Å². The molecule has 0 aromatic heterocycles. The number of fused-ring (bicyclic) bond motifs is 1. The first-order valence-electron chi connectivity index (χ1n) is 7.93. The van der Waals surface area contributed by atoms with Crippen LogP contribution in [0.5, 0.6) is 0 Å². The molecule has 0 unspecified atom stereocenters. The van der Waals surface area contributed by atoms with Gasteiger partial charge in [0.2, 0.25) is 11.8 Å². The zero-order valence-corrected chi connectivity index (χ0v) is 14.2. The smallest absolute Gasteiger partial charge is 0.247 e. The largest absolute Gasteiger partial charge is 0.350 e. The molecule has 0 fully saturated rings. The van der Waals surface area contributed by atoms with Crippen LogP contribution in [0.3, 0.4) is 0 Å². The van der Waals surface area contributed by atoms with Crippen molar-refractivity contribution in [2.75, 3.05) is 6.54 Å². The normalized spacial score (nSPS) is 16.4. The third kappa shape index (κ3) is 3.44. The fourth-order valence-electron chi connectivity index (χ4n) is 3.12. The van der Waals surface area contributed by atoms with Crippen LogP contribution in [0.4, 0.5) is 0 Å². The third-order valence-corrected chi connectivity index (χ3v) is 4.53. The first kappa shape index (κ1) is 16.5. The molecule has 0 spiro atoms. The lowest BCUT2D eigenvalue weighted by molar-refractivity contribution is -0.139. The Balaban J connectivity index is 1.81. The van der Waals surface area contributed by atoms with E-state index in [9.17, 15) is 9.59 Å². The molecular formula is C19H19ClN2O2. The summed E-state index contributed by atoms with van der Waals surface area (Å²) < 4.78 is 0. The zero-order valence-electron chi connectivity index (χ0n) is 13.5. The number of benzene rings is 2. The number of hydrogen-bond donors (Lipinski definition) is 1. The number of carbonyl (C=O) groups excluding carboxylic acids is 2. The lowest BCUT2D eigenvalue weighted by atomic mass is 9.92. The molecule has 0 saturated heterocycles. The van der Waals surface area contributed by atoms with Gasteiger partial charge in [0.15, 0.2) is 0 Å². The van der Waals surface area contributed by atoms with Gasteiger partial charge in [0, 0.05) is 25.0 Å². The van der Waals surface area contributed by atoms with Gasteiger partial charge in [-0.3, -0.25) is 9.59 Å². The van der Waals surface area contributed by atoms with Crippen LogP contribution in [0, 0.1) is 0 Å². The number of nitrogens with one attached hydrogen (secondary N) is 1. The summed E-state index contributed by atoms with van der Waals surface area (Å²) in [6.07, 6.45) is 0.772. The van der Waals surface area contributed by atoms with Gasteiger partial charge in [0.25, 0.3) is 0 Å². The van der Waals surface area contributed by atoms with Crippen molar-refractivity contribution < 1.29 is 9.59 Å².